The maximum absolute atomic E-state index is 5.31. The van der Waals surface area contributed by atoms with Crippen LogP contribution in [0.2, 0.25) is 0 Å². The van der Waals surface area contributed by atoms with Crippen LogP contribution in [0, 0.1) is 11.3 Å². The van der Waals surface area contributed by atoms with E-state index in [9.17, 15) is 0 Å². The van der Waals surface area contributed by atoms with Crippen LogP contribution in [0.25, 0.3) is 0 Å². The maximum atomic E-state index is 5.31. The lowest BCUT2D eigenvalue weighted by Crippen LogP contribution is -2.46. The fourth-order valence-electron chi connectivity index (χ4n) is 4.27. The molecule has 0 atom stereocenters. The van der Waals surface area contributed by atoms with E-state index in [1.807, 2.05) is 7.11 Å². The SMILES string of the molecule is CNCC1(CN2CCC(COC)CC2)CCCCCC1. The van der Waals surface area contributed by atoms with Crippen LogP contribution >= 0.6 is 0 Å². The third-order valence-corrected chi connectivity index (χ3v) is 5.38. The first-order valence-corrected chi connectivity index (χ1v) is 8.64. The zero-order valence-electron chi connectivity index (χ0n) is 13.6. The zero-order chi connectivity index (χ0) is 14.3. The Balaban J connectivity index is 1.85. The third kappa shape index (κ3) is 4.71. The van der Waals surface area contributed by atoms with Gasteiger partial charge < -0.3 is 15.0 Å². The summed E-state index contributed by atoms with van der Waals surface area (Å²) in [4.78, 5) is 2.73. The van der Waals surface area contributed by atoms with Crippen molar-refractivity contribution in [2.24, 2.45) is 11.3 Å². The van der Waals surface area contributed by atoms with E-state index in [-0.39, 0.29) is 0 Å². The number of ether oxygens (including phenoxy) is 1. The van der Waals surface area contributed by atoms with Crippen LogP contribution in [-0.2, 0) is 4.74 Å². The summed E-state index contributed by atoms with van der Waals surface area (Å²) in [7, 11) is 3.96. The molecule has 1 aliphatic heterocycles. The van der Waals surface area contributed by atoms with E-state index >= 15 is 0 Å². The number of piperidine rings is 1. The van der Waals surface area contributed by atoms with Gasteiger partial charge in [0.2, 0.25) is 0 Å². The van der Waals surface area contributed by atoms with Crippen molar-refractivity contribution < 1.29 is 4.74 Å². The van der Waals surface area contributed by atoms with Crippen molar-refractivity contribution in [3.05, 3.63) is 0 Å². The number of hydrogen-bond donors (Lipinski definition) is 1. The van der Waals surface area contributed by atoms with Crippen molar-refractivity contribution >= 4 is 0 Å². The molecule has 1 saturated carbocycles. The smallest absolute Gasteiger partial charge is 0.0491 e. The summed E-state index contributed by atoms with van der Waals surface area (Å²) in [6.07, 6.45) is 11.2. The molecule has 0 amide bonds. The topological polar surface area (TPSA) is 24.5 Å². The fraction of sp³-hybridized carbons (Fsp3) is 1.00. The number of methoxy groups -OCH3 is 1. The van der Waals surface area contributed by atoms with E-state index in [2.05, 4.69) is 17.3 Å². The standard InChI is InChI=1S/C17H34N2O/c1-18-14-17(9-5-3-4-6-10-17)15-19-11-7-16(8-12-19)13-20-2/h16,18H,3-15H2,1-2H3. The number of nitrogens with zero attached hydrogens (tertiary/aromatic N) is 1. The van der Waals surface area contributed by atoms with Crippen LogP contribution < -0.4 is 5.32 Å². The summed E-state index contributed by atoms with van der Waals surface area (Å²) in [5.41, 5.74) is 0.541. The molecule has 1 heterocycles. The van der Waals surface area contributed by atoms with Crippen molar-refractivity contribution in [1.82, 2.24) is 10.2 Å². The summed E-state index contributed by atoms with van der Waals surface area (Å²) in [5, 5.41) is 3.48. The highest BCUT2D eigenvalue weighted by Gasteiger charge is 2.33. The van der Waals surface area contributed by atoms with Crippen molar-refractivity contribution in [2.45, 2.75) is 51.4 Å². The number of nitrogens with one attached hydrogen (secondary N) is 1. The van der Waals surface area contributed by atoms with E-state index in [4.69, 9.17) is 4.74 Å². The van der Waals surface area contributed by atoms with Gasteiger partial charge in [0.1, 0.15) is 0 Å². The largest absolute Gasteiger partial charge is 0.384 e. The van der Waals surface area contributed by atoms with Gasteiger partial charge in [-0.3, -0.25) is 0 Å². The van der Waals surface area contributed by atoms with E-state index in [0.29, 0.717) is 5.41 Å². The molecule has 1 saturated heterocycles. The minimum atomic E-state index is 0.541. The Hall–Kier alpha value is -0.120. The zero-order valence-corrected chi connectivity index (χ0v) is 13.6. The molecule has 20 heavy (non-hydrogen) atoms. The number of rotatable bonds is 6. The Kier molecular flexibility index (Phi) is 6.79. The van der Waals surface area contributed by atoms with Gasteiger partial charge in [0.15, 0.2) is 0 Å². The fourth-order valence-corrected chi connectivity index (χ4v) is 4.27. The van der Waals surface area contributed by atoms with Gasteiger partial charge in [0.05, 0.1) is 0 Å². The van der Waals surface area contributed by atoms with Crippen molar-refractivity contribution in [1.29, 1.82) is 0 Å². The first kappa shape index (κ1) is 16.3. The molecule has 1 N–H and O–H groups in total. The number of likely N-dealkylation sites (tertiary alicyclic amines) is 1. The molecule has 0 aromatic rings. The molecular formula is C17H34N2O. The van der Waals surface area contributed by atoms with Crippen LogP contribution in [0.5, 0.6) is 0 Å². The molecular weight excluding hydrogens is 248 g/mol. The first-order valence-electron chi connectivity index (χ1n) is 8.64. The predicted octanol–water partition coefficient (Wildman–Crippen LogP) is 2.90. The van der Waals surface area contributed by atoms with Crippen LogP contribution in [0.15, 0.2) is 0 Å². The van der Waals surface area contributed by atoms with Crippen LogP contribution in [0.4, 0.5) is 0 Å². The normalized spacial score (nSPS) is 25.5. The van der Waals surface area contributed by atoms with Crippen LogP contribution in [0.3, 0.4) is 0 Å². The van der Waals surface area contributed by atoms with Gasteiger partial charge in [-0.1, -0.05) is 25.7 Å². The molecule has 118 valence electrons. The van der Waals surface area contributed by atoms with E-state index < -0.39 is 0 Å². The minimum Gasteiger partial charge on any atom is -0.384 e. The summed E-state index contributed by atoms with van der Waals surface area (Å²) in [6, 6.07) is 0. The molecule has 2 rings (SSSR count). The van der Waals surface area contributed by atoms with Gasteiger partial charge in [-0.25, -0.2) is 0 Å². The Labute approximate surface area is 125 Å². The third-order valence-electron chi connectivity index (χ3n) is 5.38. The van der Waals surface area contributed by atoms with E-state index in [0.717, 1.165) is 12.5 Å². The van der Waals surface area contributed by atoms with E-state index in [1.54, 1.807) is 0 Å². The van der Waals surface area contributed by atoms with Gasteiger partial charge in [0.25, 0.3) is 0 Å². The maximum Gasteiger partial charge on any atom is 0.0491 e. The Morgan fingerprint density at radius 1 is 1.10 bits per heavy atom. The molecule has 2 aliphatic rings. The molecule has 0 aromatic carbocycles. The highest BCUT2D eigenvalue weighted by Crippen LogP contribution is 2.36. The minimum absolute atomic E-state index is 0.541. The number of hydrogen-bond acceptors (Lipinski definition) is 3. The van der Waals surface area contributed by atoms with Crippen LogP contribution in [0.1, 0.15) is 51.4 Å². The van der Waals surface area contributed by atoms with Crippen molar-refractivity contribution in [2.75, 3.05) is 46.9 Å². The van der Waals surface area contributed by atoms with Gasteiger partial charge in [-0.2, -0.15) is 0 Å². The van der Waals surface area contributed by atoms with Crippen molar-refractivity contribution in [3.63, 3.8) is 0 Å². The molecule has 2 fully saturated rings. The lowest BCUT2D eigenvalue weighted by atomic mass is 9.79. The molecule has 3 nitrogen and oxygen atoms in total. The highest BCUT2D eigenvalue weighted by atomic mass is 16.5. The average Bonchev–Trinajstić information content (AvgIpc) is 2.68. The monoisotopic (exact) mass is 282 g/mol. The van der Waals surface area contributed by atoms with E-state index in [1.165, 1.54) is 77.5 Å². The predicted molar refractivity (Wildman–Crippen MR) is 85.1 cm³/mol. The van der Waals surface area contributed by atoms with Gasteiger partial charge >= 0.3 is 0 Å². The second-order valence-corrected chi connectivity index (χ2v) is 7.12. The lowest BCUT2D eigenvalue weighted by molar-refractivity contribution is 0.0672. The summed E-state index contributed by atoms with van der Waals surface area (Å²) in [5.74, 6) is 0.797. The molecule has 0 bridgehead atoms. The summed E-state index contributed by atoms with van der Waals surface area (Å²) in [6.45, 7) is 6.02. The Morgan fingerprint density at radius 3 is 2.30 bits per heavy atom. The summed E-state index contributed by atoms with van der Waals surface area (Å²) >= 11 is 0. The lowest BCUT2D eigenvalue weighted by Gasteiger charge is -2.41. The van der Waals surface area contributed by atoms with Crippen molar-refractivity contribution in [3.8, 4) is 0 Å². The molecule has 0 unspecified atom stereocenters. The summed E-state index contributed by atoms with van der Waals surface area (Å²) < 4.78 is 5.31. The Morgan fingerprint density at radius 2 is 1.75 bits per heavy atom. The van der Waals surface area contributed by atoms with Gasteiger partial charge in [-0.15, -0.1) is 0 Å². The molecule has 0 radical (unpaired) electrons. The van der Waals surface area contributed by atoms with Gasteiger partial charge in [-0.05, 0) is 57.2 Å². The molecule has 1 aliphatic carbocycles. The second-order valence-electron chi connectivity index (χ2n) is 7.12. The molecule has 0 aromatic heterocycles. The van der Waals surface area contributed by atoms with Crippen LogP contribution in [-0.4, -0.2) is 51.8 Å². The quantitative estimate of drug-likeness (QED) is 0.758. The van der Waals surface area contributed by atoms with Gasteiger partial charge in [0, 0.05) is 26.8 Å². The Bertz CT molecular complexity index is 254. The second kappa shape index (κ2) is 8.35. The first-order chi connectivity index (χ1) is 9.78. The molecule has 3 heteroatoms. The highest BCUT2D eigenvalue weighted by molar-refractivity contribution is 4.88. The molecule has 0 spiro atoms. The average molecular weight is 282 g/mol.